The van der Waals surface area contributed by atoms with E-state index in [1.165, 1.54) is 6.42 Å². The molecule has 1 aromatic rings. The fourth-order valence-electron chi connectivity index (χ4n) is 1.22. The first-order valence-corrected chi connectivity index (χ1v) is 6.55. The molecule has 1 rings (SSSR count). The summed E-state index contributed by atoms with van der Waals surface area (Å²) in [6.07, 6.45) is 9.04. The average molecular weight is 247 g/mol. The van der Waals surface area contributed by atoms with Crippen molar-refractivity contribution in [3.63, 3.8) is 0 Å². The summed E-state index contributed by atoms with van der Waals surface area (Å²) in [5, 5.41) is 3.18. The summed E-state index contributed by atoms with van der Waals surface area (Å²) < 4.78 is 0. The zero-order valence-corrected chi connectivity index (χ0v) is 12.2. The number of hydrogen-bond donors (Lipinski definition) is 1. The van der Waals surface area contributed by atoms with E-state index in [1.807, 2.05) is 38.3 Å². The van der Waals surface area contributed by atoms with Crippen molar-refractivity contribution in [2.24, 2.45) is 0 Å². The van der Waals surface area contributed by atoms with Gasteiger partial charge >= 0.3 is 0 Å². The highest BCUT2D eigenvalue weighted by molar-refractivity contribution is 5.71. The Hall–Kier alpha value is -1.64. The minimum absolute atomic E-state index is 0.791. The van der Waals surface area contributed by atoms with Gasteiger partial charge in [-0.1, -0.05) is 32.4 Å². The van der Waals surface area contributed by atoms with Crippen LogP contribution in [0.1, 0.15) is 45.6 Å². The van der Waals surface area contributed by atoms with Crippen molar-refractivity contribution in [2.45, 2.75) is 41.0 Å². The van der Waals surface area contributed by atoms with Crippen molar-refractivity contribution in [1.29, 1.82) is 0 Å². The normalized spacial score (nSPS) is 11.1. The van der Waals surface area contributed by atoms with Gasteiger partial charge in [0.25, 0.3) is 0 Å². The average Bonchev–Trinajstić information content (AvgIpc) is 2.35. The SMILES string of the molecule is C/C=C\C(=C/NCC)c1ccnc(C)n1.CCC. The van der Waals surface area contributed by atoms with E-state index in [0.29, 0.717) is 0 Å². The van der Waals surface area contributed by atoms with Crippen molar-refractivity contribution in [2.75, 3.05) is 6.54 Å². The maximum Gasteiger partial charge on any atom is 0.125 e. The van der Waals surface area contributed by atoms with Crippen molar-refractivity contribution >= 4 is 5.57 Å². The van der Waals surface area contributed by atoms with E-state index in [4.69, 9.17) is 0 Å². The van der Waals surface area contributed by atoms with Crippen LogP contribution in [0.5, 0.6) is 0 Å². The van der Waals surface area contributed by atoms with E-state index in [0.717, 1.165) is 23.6 Å². The third-order valence-corrected chi connectivity index (χ3v) is 1.88. The molecule has 0 radical (unpaired) electrons. The minimum atomic E-state index is 0.791. The van der Waals surface area contributed by atoms with Crippen LogP contribution >= 0.6 is 0 Å². The topological polar surface area (TPSA) is 37.8 Å². The highest BCUT2D eigenvalue weighted by Crippen LogP contribution is 2.11. The molecular weight excluding hydrogens is 222 g/mol. The summed E-state index contributed by atoms with van der Waals surface area (Å²) in [4.78, 5) is 8.45. The molecule has 0 aliphatic rings. The van der Waals surface area contributed by atoms with E-state index in [1.54, 1.807) is 6.20 Å². The Kier molecular flexibility index (Phi) is 9.55. The lowest BCUT2D eigenvalue weighted by atomic mass is 10.2. The second-order valence-electron chi connectivity index (χ2n) is 3.85. The molecular formula is C15H25N3. The summed E-state index contributed by atoms with van der Waals surface area (Å²) in [6.45, 7) is 11.1. The van der Waals surface area contributed by atoms with Crippen molar-refractivity contribution in [3.05, 3.63) is 42.1 Å². The van der Waals surface area contributed by atoms with Crippen LogP contribution in [0, 0.1) is 6.92 Å². The third kappa shape index (κ3) is 6.84. The zero-order chi connectivity index (χ0) is 13.8. The third-order valence-electron chi connectivity index (χ3n) is 1.88. The zero-order valence-electron chi connectivity index (χ0n) is 12.2. The Morgan fingerprint density at radius 1 is 1.33 bits per heavy atom. The van der Waals surface area contributed by atoms with E-state index < -0.39 is 0 Å². The molecule has 0 aliphatic carbocycles. The molecule has 0 spiro atoms. The Bertz CT molecular complexity index is 381. The molecule has 3 heteroatoms. The lowest BCUT2D eigenvalue weighted by molar-refractivity contribution is 0.919. The predicted octanol–water partition coefficient (Wildman–Crippen LogP) is 3.73. The van der Waals surface area contributed by atoms with Gasteiger partial charge in [0.05, 0.1) is 5.69 Å². The van der Waals surface area contributed by atoms with Crippen LogP contribution < -0.4 is 5.32 Å². The number of allylic oxidation sites excluding steroid dienone is 3. The first-order valence-electron chi connectivity index (χ1n) is 6.55. The van der Waals surface area contributed by atoms with E-state index in [-0.39, 0.29) is 0 Å². The predicted molar refractivity (Wildman–Crippen MR) is 79.2 cm³/mol. The molecule has 0 saturated carbocycles. The molecule has 0 aliphatic heterocycles. The smallest absolute Gasteiger partial charge is 0.125 e. The highest BCUT2D eigenvalue weighted by atomic mass is 14.9. The summed E-state index contributed by atoms with van der Waals surface area (Å²) >= 11 is 0. The van der Waals surface area contributed by atoms with Gasteiger partial charge in [-0.3, -0.25) is 0 Å². The Morgan fingerprint density at radius 3 is 2.50 bits per heavy atom. The molecule has 0 fully saturated rings. The van der Waals surface area contributed by atoms with Crippen LogP contribution in [0.3, 0.4) is 0 Å². The van der Waals surface area contributed by atoms with Gasteiger partial charge in [0, 0.05) is 24.5 Å². The van der Waals surface area contributed by atoms with Crippen LogP contribution in [0.4, 0.5) is 0 Å². The molecule has 0 unspecified atom stereocenters. The maximum absolute atomic E-state index is 4.37. The molecule has 100 valence electrons. The first-order chi connectivity index (χ1) is 8.69. The van der Waals surface area contributed by atoms with Gasteiger partial charge < -0.3 is 5.32 Å². The lowest BCUT2D eigenvalue weighted by Crippen LogP contribution is -2.04. The molecule has 0 amide bonds. The van der Waals surface area contributed by atoms with Gasteiger partial charge in [-0.2, -0.15) is 0 Å². The van der Waals surface area contributed by atoms with E-state index >= 15 is 0 Å². The van der Waals surface area contributed by atoms with Gasteiger partial charge in [0.1, 0.15) is 5.82 Å². The molecule has 0 saturated heterocycles. The fourth-order valence-corrected chi connectivity index (χ4v) is 1.22. The number of nitrogens with one attached hydrogen (secondary N) is 1. The number of nitrogens with zero attached hydrogens (tertiary/aromatic N) is 2. The Balaban J connectivity index is 0.000000873. The van der Waals surface area contributed by atoms with Gasteiger partial charge in [-0.25, -0.2) is 9.97 Å². The van der Waals surface area contributed by atoms with E-state index in [9.17, 15) is 0 Å². The summed E-state index contributed by atoms with van der Waals surface area (Å²) in [7, 11) is 0. The van der Waals surface area contributed by atoms with Gasteiger partial charge in [-0.15, -0.1) is 0 Å². The molecule has 0 bridgehead atoms. The van der Waals surface area contributed by atoms with Gasteiger partial charge in [-0.05, 0) is 26.8 Å². The number of hydrogen-bond acceptors (Lipinski definition) is 3. The van der Waals surface area contributed by atoms with Crippen LogP contribution in [0.15, 0.2) is 30.6 Å². The summed E-state index contributed by atoms with van der Waals surface area (Å²) in [6, 6.07) is 1.91. The van der Waals surface area contributed by atoms with Gasteiger partial charge in [0.15, 0.2) is 0 Å². The molecule has 1 heterocycles. The summed E-state index contributed by atoms with van der Waals surface area (Å²) in [5.41, 5.74) is 2.02. The molecule has 3 nitrogen and oxygen atoms in total. The minimum Gasteiger partial charge on any atom is -0.391 e. The quantitative estimate of drug-likeness (QED) is 0.824. The monoisotopic (exact) mass is 247 g/mol. The lowest BCUT2D eigenvalue weighted by Gasteiger charge is -2.03. The van der Waals surface area contributed by atoms with Crippen LogP contribution in [0.2, 0.25) is 0 Å². The fraction of sp³-hybridized carbons (Fsp3) is 0.467. The standard InChI is InChI=1S/C12H17N3.C3H8/c1-4-6-11(9-13-5-2)12-7-8-14-10(3)15-12;1-3-2/h4,6-9,13H,5H2,1-3H3;3H2,1-2H3/b6-4-,11-9+;. The second-order valence-corrected chi connectivity index (χ2v) is 3.85. The first kappa shape index (κ1) is 16.4. The Labute approximate surface area is 111 Å². The molecule has 1 N–H and O–H groups in total. The number of rotatable bonds is 4. The Morgan fingerprint density at radius 2 is 2.00 bits per heavy atom. The van der Waals surface area contributed by atoms with Crippen molar-refractivity contribution in [3.8, 4) is 0 Å². The van der Waals surface area contributed by atoms with Crippen molar-refractivity contribution < 1.29 is 0 Å². The van der Waals surface area contributed by atoms with Crippen LogP contribution in [-0.4, -0.2) is 16.5 Å². The largest absolute Gasteiger partial charge is 0.391 e. The number of aryl methyl sites for hydroxylation is 1. The van der Waals surface area contributed by atoms with Crippen molar-refractivity contribution in [1.82, 2.24) is 15.3 Å². The molecule has 0 aromatic carbocycles. The second kappa shape index (κ2) is 10.5. The summed E-state index contributed by atoms with van der Waals surface area (Å²) in [5.74, 6) is 0.791. The molecule has 1 aromatic heterocycles. The maximum atomic E-state index is 4.37. The molecule has 18 heavy (non-hydrogen) atoms. The number of aromatic nitrogens is 2. The molecule has 0 atom stereocenters. The van der Waals surface area contributed by atoms with Crippen LogP contribution in [0.25, 0.3) is 5.57 Å². The van der Waals surface area contributed by atoms with Crippen LogP contribution in [-0.2, 0) is 0 Å². The highest BCUT2D eigenvalue weighted by Gasteiger charge is 1.99. The van der Waals surface area contributed by atoms with E-state index in [2.05, 4.69) is 36.1 Å². The van der Waals surface area contributed by atoms with Gasteiger partial charge in [0.2, 0.25) is 0 Å².